The summed E-state index contributed by atoms with van der Waals surface area (Å²) >= 11 is 5.74. The predicted molar refractivity (Wildman–Crippen MR) is 66.6 cm³/mol. The first-order valence-corrected chi connectivity index (χ1v) is 5.65. The van der Waals surface area contributed by atoms with E-state index in [-0.39, 0.29) is 6.61 Å². The number of para-hydroxylation sites is 1. The lowest BCUT2D eigenvalue weighted by molar-refractivity contribution is 0.297. The highest BCUT2D eigenvalue weighted by molar-refractivity contribution is 6.30. The zero-order valence-electron chi connectivity index (χ0n) is 9.14. The van der Waals surface area contributed by atoms with Gasteiger partial charge in [0.2, 0.25) is 5.88 Å². The van der Waals surface area contributed by atoms with Gasteiger partial charge in [-0.3, -0.25) is 0 Å². The van der Waals surface area contributed by atoms with Gasteiger partial charge in [0.05, 0.1) is 5.02 Å². The molecule has 0 amide bonds. The number of rotatable bonds is 4. The van der Waals surface area contributed by atoms with Crippen molar-refractivity contribution in [3.05, 3.63) is 53.2 Å². The fourth-order valence-electron chi connectivity index (χ4n) is 1.47. The van der Waals surface area contributed by atoms with Crippen molar-refractivity contribution < 1.29 is 9.84 Å². The Bertz CT molecular complexity index is 485. The summed E-state index contributed by atoms with van der Waals surface area (Å²) < 4.78 is 5.64. The zero-order valence-corrected chi connectivity index (χ0v) is 9.89. The smallest absolute Gasteiger partial charge is 0.219 e. The lowest BCUT2D eigenvalue weighted by Crippen LogP contribution is -1.95. The Hall–Kier alpha value is -1.58. The van der Waals surface area contributed by atoms with E-state index >= 15 is 0 Å². The maximum atomic E-state index is 8.96. The van der Waals surface area contributed by atoms with Gasteiger partial charge in [0.25, 0.3) is 0 Å². The van der Waals surface area contributed by atoms with E-state index in [1.165, 1.54) is 6.20 Å². The molecule has 0 aliphatic carbocycles. The predicted octanol–water partition coefficient (Wildman–Crippen LogP) is 3.06. The third kappa shape index (κ3) is 3.19. The van der Waals surface area contributed by atoms with Gasteiger partial charge < -0.3 is 9.84 Å². The van der Waals surface area contributed by atoms with E-state index in [9.17, 15) is 0 Å². The van der Waals surface area contributed by atoms with Crippen molar-refractivity contribution >= 4 is 11.6 Å². The van der Waals surface area contributed by atoms with Gasteiger partial charge in [0.15, 0.2) is 0 Å². The molecule has 4 heteroatoms. The van der Waals surface area contributed by atoms with E-state index in [4.69, 9.17) is 21.4 Å². The van der Waals surface area contributed by atoms with E-state index < -0.39 is 0 Å². The second kappa shape index (κ2) is 5.66. The van der Waals surface area contributed by atoms with Crippen molar-refractivity contribution in [2.75, 3.05) is 6.61 Å². The fraction of sp³-hybridized carbons (Fsp3) is 0.154. The molecule has 0 saturated carbocycles. The number of ether oxygens (including phenoxy) is 1. The summed E-state index contributed by atoms with van der Waals surface area (Å²) in [5.41, 5.74) is 0.951. The van der Waals surface area contributed by atoms with Crippen LogP contribution in [0, 0.1) is 0 Å². The number of aliphatic hydroxyl groups excluding tert-OH is 1. The molecule has 0 fully saturated rings. The number of aliphatic hydroxyl groups is 1. The summed E-state index contributed by atoms with van der Waals surface area (Å²) in [4.78, 5) is 4.06. The average Bonchev–Trinajstić information content (AvgIpc) is 2.35. The monoisotopic (exact) mass is 249 g/mol. The van der Waals surface area contributed by atoms with Crippen molar-refractivity contribution in [3.8, 4) is 11.6 Å². The van der Waals surface area contributed by atoms with E-state index in [0.717, 1.165) is 5.56 Å². The molecule has 1 aromatic carbocycles. The molecule has 3 nitrogen and oxygen atoms in total. The highest BCUT2D eigenvalue weighted by atomic mass is 35.5. The molecule has 0 saturated heterocycles. The molecule has 2 rings (SSSR count). The number of hydrogen-bond acceptors (Lipinski definition) is 3. The minimum absolute atomic E-state index is 0.0917. The lowest BCUT2D eigenvalue weighted by Gasteiger charge is -2.09. The Morgan fingerprint density at radius 3 is 2.71 bits per heavy atom. The second-order valence-electron chi connectivity index (χ2n) is 3.50. The second-order valence-corrected chi connectivity index (χ2v) is 3.93. The first kappa shape index (κ1) is 11.9. The summed E-state index contributed by atoms with van der Waals surface area (Å²) in [6.45, 7) is 0.0917. The van der Waals surface area contributed by atoms with Crippen LogP contribution in [0.5, 0.6) is 11.6 Å². The number of nitrogens with zero attached hydrogens (tertiary/aromatic N) is 1. The Balaban J connectivity index is 2.20. The van der Waals surface area contributed by atoms with Crippen LogP contribution in [0.15, 0.2) is 42.6 Å². The molecule has 0 radical (unpaired) electrons. The highest BCUT2D eigenvalue weighted by Gasteiger charge is 2.04. The minimum Gasteiger partial charge on any atom is -0.439 e. The number of hydrogen-bond donors (Lipinski definition) is 1. The van der Waals surface area contributed by atoms with Gasteiger partial charge in [-0.05, 0) is 24.1 Å². The number of aromatic nitrogens is 1. The number of pyridine rings is 1. The van der Waals surface area contributed by atoms with Gasteiger partial charge in [-0.1, -0.05) is 29.8 Å². The number of benzene rings is 1. The molecule has 0 unspecified atom stereocenters. The van der Waals surface area contributed by atoms with Crippen molar-refractivity contribution in [2.24, 2.45) is 0 Å². The van der Waals surface area contributed by atoms with Crippen LogP contribution >= 0.6 is 11.6 Å². The van der Waals surface area contributed by atoms with E-state index in [0.29, 0.717) is 23.1 Å². The van der Waals surface area contributed by atoms with Crippen LogP contribution in [0.1, 0.15) is 5.56 Å². The quantitative estimate of drug-likeness (QED) is 0.906. The molecule has 0 atom stereocenters. The lowest BCUT2D eigenvalue weighted by atomic mass is 10.1. The van der Waals surface area contributed by atoms with Gasteiger partial charge in [0, 0.05) is 18.9 Å². The van der Waals surface area contributed by atoms with Crippen LogP contribution in [0.2, 0.25) is 5.02 Å². The maximum Gasteiger partial charge on any atom is 0.219 e. The SMILES string of the molecule is OCCc1ccccc1Oc1ccc(Cl)cn1. The van der Waals surface area contributed by atoms with E-state index in [1.807, 2.05) is 24.3 Å². The Kier molecular flexibility index (Phi) is 3.96. The van der Waals surface area contributed by atoms with Crippen molar-refractivity contribution in [1.82, 2.24) is 4.98 Å². The van der Waals surface area contributed by atoms with Crippen LogP contribution in [-0.4, -0.2) is 16.7 Å². The van der Waals surface area contributed by atoms with Crippen molar-refractivity contribution in [3.63, 3.8) is 0 Å². The molecule has 2 aromatic rings. The van der Waals surface area contributed by atoms with E-state index in [1.54, 1.807) is 12.1 Å². The molecular weight excluding hydrogens is 238 g/mol. The molecule has 0 aliphatic heterocycles. The van der Waals surface area contributed by atoms with Gasteiger partial charge in [-0.2, -0.15) is 0 Å². The molecule has 1 heterocycles. The van der Waals surface area contributed by atoms with Gasteiger partial charge in [-0.15, -0.1) is 0 Å². The molecule has 0 bridgehead atoms. The van der Waals surface area contributed by atoms with E-state index in [2.05, 4.69) is 4.98 Å². The summed E-state index contributed by atoms with van der Waals surface area (Å²) in [6, 6.07) is 11.0. The summed E-state index contributed by atoms with van der Waals surface area (Å²) in [7, 11) is 0. The Morgan fingerprint density at radius 1 is 1.18 bits per heavy atom. The minimum atomic E-state index is 0.0917. The topological polar surface area (TPSA) is 42.4 Å². The van der Waals surface area contributed by atoms with Gasteiger partial charge in [-0.25, -0.2) is 4.98 Å². The first-order valence-electron chi connectivity index (χ1n) is 5.28. The van der Waals surface area contributed by atoms with Crippen LogP contribution < -0.4 is 4.74 Å². The summed E-state index contributed by atoms with van der Waals surface area (Å²) in [6.07, 6.45) is 2.09. The van der Waals surface area contributed by atoms with Gasteiger partial charge >= 0.3 is 0 Å². The van der Waals surface area contributed by atoms with Crippen LogP contribution in [-0.2, 0) is 6.42 Å². The molecule has 0 aliphatic rings. The molecule has 88 valence electrons. The standard InChI is InChI=1S/C13H12ClNO2/c14-11-5-6-13(15-9-11)17-12-4-2-1-3-10(12)7-8-16/h1-6,9,16H,7-8H2. The largest absolute Gasteiger partial charge is 0.439 e. The Labute approximate surface area is 105 Å². The van der Waals surface area contributed by atoms with Crippen molar-refractivity contribution in [1.29, 1.82) is 0 Å². The van der Waals surface area contributed by atoms with Crippen LogP contribution in [0.3, 0.4) is 0 Å². The molecule has 1 N–H and O–H groups in total. The summed E-state index contributed by atoms with van der Waals surface area (Å²) in [5.74, 6) is 1.19. The third-order valence-electron chi connectivity index (χ3n) is 2.27. The summed E-state index contributed by atoms with van der Waals surface area (Å²) in [5, 5.41) is 9.53. The highest BCUT2D eigenvalue weighted by Crippen LogP contribution is 2.24. The molecular formula is C13H12ClNO2. The zero-order chi connectivity index (χ0) is 12.1. The fourth-order valence-corrected chi connectivity index (χ4v) is 1.58. The first-order chi connectivity index (χ1) is 8.29. The maximum absolute atomic E-state index is 8.96. The molecule has 1 aromatic heterocycles. The normalized spacial score (nSPS) is 10.2. The number of halogens is 1. The Morgan fingerprint density at radius 2 is 2.00 bits per heavy atom. The van der Waals surface area contributed by atoms with Crippen LogP contribution in [0.4, 0.5) is 0 Å². The van der Waals surface area contributed by atoms with Gasteiger partial charge in [0.1, 0.15) is 5.75 Å². The molecule has 0 spiro atoms. The molecule has 17 heavy (non-hydrogen) atoms. The average molecular weight is 250 g/mol. The third-order valence-corrected chi connectivity index (χ3v) is 2.49. The van der Waals surface area contributed by atoms with Crippen molar-refractivity contribution in [2.45, 2.75) is 6.42 Å². The van der Waals surface area contributed by atoms with Crippen LogP contribution in [0.25, 0.3) is 0 Å².